The third kappa shape index (κ3) is 1.53. The van der Waals surface area contributed by atoms with Gasteiger partial charge in [0.25, 0.3) is 5.69 Å². The fourth-order valence-corrected chi connectivity index (χ4v) is 1.00. The van der Waals surface area contributed by atoms with Crippen LogP contribution in [0, 0.1) is 17.0 Å². The maximum Gasteiger partial charge on any atom is 0.292 e. The van der Waals surface area contributed by atoms with Crippen LogP contribution in [-0.2, 0) is 0 Å². The zero-order chi connectivity index (χ0) is 9.14. The summed E-state index contributed by atoms with van der Waals surface area (Å²) in [7, 11) is 1.66. The van der Waals surface area contributed by atoms with Crippen molar-refractivity contribution in [3.05, 3.63) is 33.9 Å². The number of hydrogen-bond donors (Lipinski definition) is 1. The Kier molecular flexibility index (Phi) is 2.28. The van der Waals surface area contributed by atoms with Crippen LogP contribution in [0.15, 0.2) is 18.2 Å². The maximum absolute atomic E-state index is 10.5. The van der Waals surface area contributed by atoms with E-state index in [9.17, 15) is 10.1 Å². The first-order valence-electron chi connectivity index (χ1n) is 3.58. The quantitative estimate of drug-likeness (QED) is 0.544. The molecule has 0 fully saturated rings. The largest absolute Gasteiger partial charge is 0.383 e. The minimum absolute atomic E-state index is 0. The number of aryl methyl sites for hydroxylation is 1. The lowest BCUT2D eigenvalue weighted by Gasteiger charge is -2.01. The number of anilines is 1. The Morgan fingerprint density at radius 3 is 2.75 bits per heavy atom. The van der Waals surface area contributed by atoms with E-state index in [1.165, 1.54) is 0 Å². The molecule has 0 saturated heterocycles. The lowest BCUT2D eigenvalue weighted by Crippen LogP contribution is -1.96. The SMILES string of the molecule is CNc1ccc(C)cc1[N+](=O)[O-].[HH]. The zero-order valence-electron chi connectivity index (χ0n) is 7.00. The van der Waals surface area contributed by atoms with E-state index < -0.39 is 4.92 Å². The van der Waals surface area contributed by atoms with E-state index >= 15 is 0 Å². The lowest BCUT2D eigenvalue weighted by molar-refractivity contribution is -0.384. The van der Waals surface area contributed by atoms with Crippen molar-refractivity contribution >= 4 is 11.4 Å². The van der Waals surface area contributed by atoms with Crippen LogP contribution in [0.4, 0.5) is 11.4 Å². The average molecular weight is 168 g/mol. The molecule has 0 amide bonds. The van der Waals surface area contributed by atoms with Crippen molar-refractivity contribution in [1.29, 1.82) is 0 Å². The molecule has 0 aromatic heterocycles. The minimum Gasteiger partial charge on any atom is -0.383 e. The van der Waals surface area contributed by atoms with Crippen molar-refractivity contribution in [3.8, 4) is 0 Å². The second-order valence-electron chi connectivity index (χ2n) is 2.53. The van der Waals surface area contributed by atoms with E-state index in [1.807, 2.05) is 13.0 Å². The third-order valence-electron chi connectivity index (χ3n) is 1.62. The minimum atomic E-state index is -0.390. The van der Waals surface area contributed by atoms with Crippen LogP contribution in [-0.4, -0.2) is 12.0 Å². The fraction of sp³-hybridized carbons (Fsp3) is 0.250. The van der Waals surface area contributed by atoms with Crippen LogP contribution >= 0.6 is 0 Å². The first-order chi connectivity index (χ1) is 5.65. The van der Waals surface area contributed by atoms with Gasteiger partial charge in [0, 0.05) is 14.5 Å². The van der Waals surface area contributed by atoms with Gasteiger partial charge in [-0.1, -0.05) is 6.07 Å². The van der Waals surface area contributed by atoms with E-state index in [0.29, 0.717) is 5.69 Å². The molecule has 1 aromatic carbocycles. The number of nitro benzene ring substituents is 1. The Morgan fingerprint density at radius 2 is 2.25 bits per heavy atom. The molecule has 4 nitrogen and oxygen atoms in total. The monoisotopic (exact) mass is 168 g/mol. The number of hydrogen-bond acceptors (Lipinski definition) is 3. The molecular formula is C8H12N2O2. The van der Waals surface area contributed by atoms with Crippen molar-refractivity contribution in [1.82, 2.24) is 0 Å². The molecule has 0 aliphatic rings. The molecule has 1 rings (SSSR count). The predicted molar refractivity (Wildman–Crippen MR) is 49.5 cm³/mol. The highest BCUT2D eigenvalue weighted by Gasteiger charge is 2.11. The molecule has 0 saturated carbocycles. The van der Waals surface area contributed by atoms with Gasteiger partial charge in [0.15, 0.2) is 0 Å². The molecule has 4 heteroatoms. The Morgan fingerprint density at radius 1 is 1.58 bits per heavy atom. The van der Waals surface area contributed by atoms with Gasteiger partial charge in [-0.2, -0.15) is 0 Å². The Bertz CT molecular complexity index is 315. The first-order valence-corrected chi connectivity index (χ1v) is 3.58. The second-order valence-corrected chi connectivity index (χ2v) is 2.53. The summed E-state index contributed by atoms with van der Waals surface area (Å²) >= 11 is 0. The molecule has 66 valence electrons. The number of nitro groups is 1. The van der Waals surface area contributed by atoms with Crippen LogP contribution in [0.25, 0.3) is 0 Å². The molecule has 12 heavy (non-hydrogen) atoms. The maximum atomic E-state index is 10.5. The van der Waals surface area contributed by atoms with Crippen molar-refractivity contribution in [2.45, 2.75) is 6.92 Å². The molecule has 1 aromatic rings. The zero-order valence-corrected chi connectivity index (χ0v) is 7.00. The highest BCUT2D eigenvalue weighted by atomic mass is 16.6. The fourth-order valence-electron chi connectivity index (χ4n) is 1.00. The molecule has 0 spiro atoms. The summed E-state index contributed by atoms with van der Waals surface area (Å²) in [6, 6.07) is 5.08. The summed E-state index contributed by atoms with van der Waals surface area (Å²) in [6.07, 6.45) is 0. The molecule has 1 N–H and O–H groups in total. The molecule has 0 atom stereocenters. The van der Waals surface area contributed by atoms with Crippen molar-refractivity contribution in [2.75, 3.05) is 12.4 Å². The Hall–Kier alpha value is -1.58. The van der Waals surface area contributed by atoms with Crippen LogP contribution in [0.1, 0.15) is 6.99 Å². The summed E-state index contributed by atoms with van der Waals surface area (Å²) in [6.45, 7) is 1.83. The van der Waals surface area contributed by atoms with Crippen LogP contribution in [0.2, 0.25) is 0 Å². The van der Waals surface area contributed by atoms with E-state index in [4.69, 9.17) is 0 Å². The van der Waals surface area contributed by atoms with E-state index in [0.717, 1.165) is 5.56 Å². The van der Waals surface area contributed by atoms with Crippen molar-refractivity contribution < 1.29 is 6.35 Å². The summed E-state index contributed by atoms with van der Waals surface area (Å²) in [4.78, 5) is 10.1. The average Bonchev–Trinajstić information content (AvgIpc) is 2.04. The normalized spacial score (nSPS) is 9.50. The van der Waals surface area contributed by atoms with Crippen LogP contribution in [0.5, 0.6) is 0 Å². The molecule has 0 aliphatic carbocycles. The Labute approximate surface area is 71.8 Å². The van der Waals surface area contributed by atoms with Gasteiger partial charge in [-0.05, 0) is 18.6 Å². The summed E-state index contributed by atoms with van der Waals surface area (Å²) < 4.78 is 0. The van der Waals surface area contributed by atoms with E-state index in [1.54, 1.807) is 19.2 Å². The molecule has 0 bridgehead atoms. The summed E-state index contributed by atoms with van der Waals surface area (Å²) in [5.74, 6) is 0. The smallest absolute Gasteiger partial charge is 0.292 e. The van der Waals surface area contributed by atoms with Gasteiger partial charge in [0.05, 0.1) is 4.92 Å². The predicted octanol–water partition coefficient (Wildman–Crippen LogP) is 2.19. The molecule has 0 unspecified atom stereocenters. The molecule has 0 heterocycles. The lowest BCUT2D eigenvalue weighted by atomic mass is 10.2. The topological polar surface area (TPSA) is 55.2 Å². The van der Waals surface area contributed by atoms with Crippen LogP contribution in [0.3, 0.4) is 0 Å². The van der Waals surface area contributed by atoms with Gasteiger partial charge >= 0.3 is 0 Å². The number of nitrogens with one attached hydrogen (secondary N) is 1. The standard InChI is InChI=1S/C8H10N2O2.H2/c1-6-3-4-7(9-2)8(5-6)10(11)12;/h3-5,9H,1-2H3;1H. The Balaban J connectivity index is 0.00000144. The van der Waals surface area contributed by atoms with E-state index in [-0.39, 0.29) is 7.11 Å². The van der Waals surface area contributed by atoms with Gasteiger partial charge < -0.3 is 5.32 Å². The van der Waals surface area contributed by atoms with Crippen molar-refractivity contribution in [3.63, 3.8) is 0 Å². The number of rotatable bonds is 2. The number of nitrogens with zero attached hydrogens (tertiary/aromatic N) is 1. The van der Waals surface area contributed by atoms with Gasteiger partial charge in [-0.3, -0.25) is 10.1 Å². The first kappa shape index (κ1) is 8.52. The second kappa shape index (κ2) is 3.21. The van der Waals surface area contributed by atoms with Crippen LogP contribution < -0.4 is 5.32 Å². The number of benzene rings is 1. The van der Waals surface area contributed by atoms with Gasteiger partial charge in [0.1, 0.15) is 5.69 Å². The highest BCUT2D eigenvalue weighted by molar-refractivity contribution is 5.62. The molecular weight excluding hydrogens is 156 g/mol. The van der Waals surface area contributed by atoms with Gasteiger partial charge in [0.2, 0.25) is 0 Å². The third-order valence-corrected chi connectivity index (χ3v) is 1.62. The van der Waals surface area contributed by atoms with E-state index in [2.05, 4.69) is 5.32 Å². The molecule has 0 radical (unpaired) electrons. The summed E-state index contributed by atoms with van der Waals surface area (Å²) in [5.41, 5.74) is 1.56. The van der Waals surface area contributed by atoms with Gasteiger partial charge in [-0.25, -0.2) is 0 Å². The molecule has 0 aliphatic heterocycles. The summed E-state index contributed by atoms with van der Waals surface area (Å²) in [5, 5.41) is 13.3. The highest BCUT2D eigenvalue weighted by Crippen LogP contribution is 2.24. The van der Waals surface area contributed by atoms with Gasteiger partial charge in [-0.15, -0.1) is 0 Å². The van der Waals surface area contributed by atoms with Crippen molar-refractivity contribution in [2.24, 2.45) is 0 Å².